The third-order valence-electron chi connectivity index (χ3n) is 2.05. The molecule has 0 aliphatic carbocycles. The Labute approximate surface area is 108 Å². The molecule has 0 aliphatic rings. The fourth-order valence-corrected chi connectivity index (χ4v) is 2.32. The van der Waals surface area contributed by atoms with Crippen molar-refractivity contribution in [3.8, 4) is 0 Å². The molecule has 2 rings (SSSR count). The number of hydrogen-bond acceptors (Lipinski definition) is 4. The molecule has 3 nitrogen and oxygen atoms in total. The molecule has 17 heavy (non-hydrogen) atoms. The second-order valence-corrected chi connectivity index (χ2v) is 4.69. The predicted octanol–water partition coefficient (Wildman–Crippen LogP) is 3.23. The summed E-state index contributed by atoms with van der Waals surface area (Å²) in [6.45, 7) is 0. The number of halogens is 1. The SMILES string of the molecule is O=Cc1cnc(CSc2ccccc2Cl)nc1. The summed E-state index contributed by atoms with van der Waals surface area (Å²) in [5.74, 6) is 1.31. The molecule has 0 bridgehead atoms. The van der Waals surface area contributed by atoms with Crippen LogP contribution in [0.15, 0.2) is 41.6 Å². The standard InChI is InChI=1S/C12H9ClN2OS/c13-10-3-1-2-4-11(10)17-8-12-14-5-9(7-16)6-15-12/h1-7H,8H2. The summed E-state index contributed by atoms with van der Waals surface area (Å²) in [5.41, 5.74) is 0.483. The van der Waals surface area contributed by atoms with Gasteiger partial charge in [0.25, 0.3) is 0 Å². The van der Waals surface area contributed by atoms with Gasteiger partial charge in [0.05, 0.1) is 16.3 Å². The monoisotopic (exact) mass is 264 g/mol. The summed E-state index contributed by atoms with van der Waals surface area (Å²) in [6, 6.07) is 7.62. The number of benzene rings is 1. The molecule has 0 radical (unpaired) electrons. The van der Waals surface area contributed by atoms with Crippen molar-refractivity contribution in [2.24, 2.45) is 0 Å². The third-order valence-corrected chi connectivity index (χ3v) is 3.57. The van der Waals surface area contributed by atoms with Gasteiger partial charge in [0.1, 0.15) is 5.82 Å². The minimum absolute atomic E-state index is 0.483. The van der Waals surface area contributed by atoms with E-state index in [4.69, 9.17) is 11.6 Å². The lowest BCUT2D eigenvalue weighted by atomic mass is 10.4. The van der Waals surface area contributed by atoms with Crippen LogP contribution in [0.1, 0.15) is 16.2 Å². The van der Waals surface area contributed by atoms with E-state index < -0.39 is 0 Å². The van der Waals surface area contributed by atoms with Crippen LogP contribution in [0, 0.1) is 0 Å². The summed E-state index contributed by atoms with van der Waals surface area (Å²) in [7, 11) is 0. The molecule has 0 amide bonds. The first kappa shape index (κ1) is 12.1. The Balaban J connectivity index is 2.02. The number of rotatable bonds is 4. The number of hydrogen-bond donors (Lipinski definition) is 0. The van der Waals surface area contributed by atoms with Gasteiger partial charge in [-0.15, -0.1) is 11.8 Å². The van der Waals surface area contributed by atoms with E-state index in [9.17, 15) is 4.79 Å². The number of carbonyl (C=O) groups excluding carboxylic acids is 1. The Kier molecular flexibility index (Phi) is 4.12. The maximum absolute atomic E-state index is 10.4. The van der Waals surface area contributed by atoms with Gasteiger partial charge in [-0.2, -0.15) is 0 Å². The molecule has 0 spiro atoms. The molecule has 86 valence electrons. The highest BCUT2D eigenvalue weighted by Gasteiger charge is 2.02. The second-order valence-electron chi connectivity index (χ2n) is 3.27. The van der Waals surface area contributed by atoms with E-state index in [0.717, 1.165) is 16.2 Å². The number of aromatic nitrogens is 2. The summed E-state index contributed by atoms with van der Waals surface area (Å²) in [6.07, 6.45) is 3.76. The lowest BCUT2D eigenvalue weighted by Gasteiger charge is -2.02. The molecule has 0 saturated heterocycles. The summed E-state index contributed by atoms with van der Waals surface area (Å²) in [5, 5.41) is 0.724. The molecule has 5 heteroatoms. The van der Waals surface area contributed by atoms with E-state index in [1.165, 1.54) is 12.4 Å². The number of thioether (sulfide) groups is 1. The Morgan fingerprint density at radius 2 is 1.94 bits per heavy atom. The van der Waals surface area contributed by atoms with Crippen molar-refractivity contribution in [1.82, 2.24) is 9.97 Å². The Bertz CT molecular complexity index is 516. The maximum Gasteiger partial charge on any atom is 0.153 e. The third kappa shape index (κ3) is 3.28. The fraction of sp³-hybridized carbons (Fsp3) is 0.0833. The van der Waals surface area contributed by atoms with E-state index in [0.29, 0.717) is 17.1 Å². The van der Waals surface area contributed by atoms with Crippen LogP contribution < -0.4 is 0 Å². The van der Waals surface area contributed by atoms with Gasteiger partial charge in [-0.1, -0.05) is 23.7 Å². The molecular weight excluding hydrogens is 256 g/mol. The molecule has 1 aromatic heterocycles. The van der Waals surface area contributed by atoms with Gasteiger partial charge in [0.2, 0.25) is 0 Å². The highest BCUT2D eigenvalue weighted by atomic mass is 35.5. The number of nitrogens with zero attached hydrogens (tertiary/aromatic N) is 2. The molecule has 0 N–H and O–H groups in total. The zero-order chi connectivity index (χ0) is 12.1. The van der Waals surface area contributed by atoms with Gasteiger partial charge in [0, 0.05) is 17.3 Å². The predicted molar refractivity (Wildman–Crippen MR) is 68.4 cm³/mol. The Morgan fingerprint density at radius 3 is 2.59 bits per heavy atom. The zero-order valence-electron chi connectivity index (χ0n) is 8.84. The topological polar surface area (TPSA) is 42.9 Å². The summed E-state index contributed by atoms with van der Waals surface area (Å²) in [4.78, 5) is 19.6. The first-order chi connectivity index (χ1) is 8.29. The van der Waals surface area contributed by atoms with Gasteiger partial charge in [-0.25, -0.2) is 9.97 Å². The van der Waals surface area contributed by atoms with Crippen molar-refractivity contribution in [2.45, 2.75) is 10.6 Å². The molecule has 2 aromatic rings. The molecular formula is C12H9ClN2OS. The van der Waals surface area contributed by atoms with Crippen molar-refractivity contribution in [1.29, 1.82) is 0 Å². The van der Waals surface area contributed by atoms with Crippen LogP contribution in [0.5, 0.6) is 0 Å². The van der Waals surface area contributed by atoms with E-state index in [1.807, 2.05) is 24.3 Å². The van der Waals surface area contributed by atoms with Gasteiger partial charge in [-0.3, -0.25) is 4.79 Å². The van der Waals surface area contributed by atoms with E-state index in [-0.39, 0.29) is 0 Å². The zero-order valence-corrected chi connectivity index (χ0v) is 10.4. The average molecular weight is 265 g/mol. The van der Waals surface area contributed by atoms with Crippen LogP contribution in [0.4, 0.5) is 0 Å². The Hall–Kier alpha value is -1.39. The normalized spacial score (nSPS) is 10.2. The van der Waals surface area contributed by atoms with Crippen molar-refractivity contribution in [3.05, 3.63) is 53.1 Å². The van der Waals surface area contributed by atoms with Gasteiger partial charge in [-0.05, 0) is 12.1 Å². The lowest BCUT2D eigenvalue weighted by Crippen LogP contribution is -1.93. The van der Waals surface area contributed by atoms with Gasteiger partial charge in [0.15, 0.2) is 6.29 Å². The Morgan fingerprint density at radius 1 is 1.24 bits per heavy atom. The van der Waals surface area contributed by atoms with Crippen LogP contribution >= 0.6 is 23.4 Å². The smallest absolute Gasteiger partial charge is 0.153 e. The number of carbonyl (C=O) groups is 1. The highest BCUT2D eigenvalue weighted by Crippen LogP contribution is 2.28. The van der Waals surface area contributed by atoms with E-state index >= 15 is 0 Å². The minimum Gasteiger partial charge on any atom is -0.298 e. The van der Waals surface area contributed by atoms with Gasteiger partial charge >= 0.3 is 0 Å². The second kappa shape index (κ2) is 5.80. The fourth-order valence-electron chi connectivity index (χ4n) is 1.20. The maximum atomic E-state index is 10.4. The highest BCUT2D eigenvalue weighted by molar-refractivity contribution is 7.98. The summed E-state index contributed by atoms with van der Waals surface area (Å²) >= 11 is 7.60. The van der Waals surface area contributed by atoms with E-state index in [2.05, 4.69) is 9.97 Å². The van der Waals surface area contributed by atoms with E-state index in [1.54, 1.807) is 11.8 Å². The molecule has 0 atom stereocenters. The van der Waals surface area contributed by atoms with Crippen molar-refractivity contribution in [3.63, 3.8) is 0 Å². The molecule has 1 heterocycles. The van der Waals surface area contributed by atoms with Crippen LogP contribution in [0.2, 0.25) is 5.02 Å². The number of aldehydes is 1. The van der Waals surface area contributed by atoms with Crippen molar-refractivity contribution in [2.75, 3.05) is 0 Å². The molecule has 0 fully saturated rings. The van der Waals surface area contributed by atoms with Crippen LogP contribution in [0.3, 0.4) is 0 Å². The molecule has 0 aliphatic heterocycles. The quantitative estimate of drug-likeness (QED) is 0.628. The van der Waals surface area contributed by atoms with Crippen LogP contribution in [0.25, 0.3) is 0 Å². The molecule has 1 aromatic carbocycles. The van der Waals surface area contributed by atoms with Crippen molar-refractivity contribution < 1.29 is 4.79 Å². The summed E-state index contributed by atoms with van der Waals surface area (Å²) < 4.78 is 0. The van der Waals surface area contributed by atoms with Crippen molar-refractivity contribution >= 4 is 29.6 Å². The average Bonchev–Trinajstić information content (AvgIpc) is 2.38. The van der Waals surface area contributed by atoms with Gasteiger partial charge < -0.3 is 0 Å². The molecule has 0 unspecified atom stereocenters. The van der Waals surface area contributed by atoms with Crippen LogP contribution in [-0.4, -0.2) is 16.3 Å². The largest absolute Gasteiger partial charge is 0.298 e. The molecule has 0 saturated carbocycles. The van der Waals surface area contributed by atoms with Crippen LogP contribution in [-0.2, 0) is 5.75 Å². The first-order valence-electron chi connectivity index (χ1n) is 4.93. The first-order valence-corrected chi connectivity index (χ1v) is 6.29. The lowest BCUT2D eigenvalue weighted by molar-refractivity contribution is 0.112. The minimum atomic E-state index is 0.483.